The second-order valence-electron chi connectivity index (χ2n) is 5.91. The second-order valence-corrected chi connectivity index (χ2v) is 8.58. The normalized spacial score (nSPS) is 16.7. The van der Waals surface area contributed by atoms with E-state index in [0.29, 0.717) is 25.9 Å². The number of nitrogens with zero attached hydrogens (tertiary/aromatic N) is 2. The van der Waals surface area contributed by atoms with E-state index in [4.69, 9.17) is 0 Å². The molecule has 1 heterocycles. The van der Waals surface area contributed by atoms with Crippen LogP contribution in [0.2, 0.25) is 0 Å². The molecule has 128 valence electrons. The molecule has 1 aliphatic rings. The molecule has 0 aromatic heterocycles. The largest absolute Gasteiger partial charge is 0.453 e. The van der Waals surface area contributed by atoms with Crippen LogP contribution in [0.4, 0.5) is 4.79 Å². The third-order valence-electron chi connectivity index (χ3n) is 4.08. The molecule has 0 spiro atoms. The maximum atomic E-state index is 12.3. The van der Waals surface area contributed by atoms with E-state index in [1.807, 2.05) is 0 Å². The van der Waals surface area contributed by atoms with Crippen LogP contribution in [0, 0.1) is 5.92 Å². The Labute approximate surface area is 132 Å². The van der Waals surface area contributed by atoms with Gasteiger partial charge in [-0.1, -0.05) is 0 Å². The molecule has 0 aliphatic carbocycles. The quantitative estimate of drug-likeness (QED) is 0.741. The fourth-order valence-electron chi connectivity index (χ4n) is 2.36. The molecule has 0 radical (unpaired) electrons. The molecule has 7 nitrogen and oxygen atoms in total. The summed E-state index contributed by atoms with van der Waals surface area (Å²) < 4.78 is 28.2. The first-order chi connectivity index (χ1) is 10.2. The van der Waals surface area contributed by atoms with Gasteiger partial charge in [-0.25, -0.2) is 13.2 Å². The zero-order valence-corrected chi connectivity index (χ0v) is 14.6. The lowest BCUT2D eigenvalue weighted by Gasteiger charge is -2.32. The minimum absolute atomic E-state index is 0.0199. The lowest BCUT2D eigenvalue weighted by atomic mass is 9.95. The number of piperidine rings is 1. The summed E-state index contributed by atoms with van der Waals surface area (Å²) >= 11 is 0. The number of amides is 2. The van der Waals surface area contributed by atoms with E-state index in [2.05, 4.69) is 4.74 Å². The summed E-state index contributed by atoms with van der Waals surface area (Å²) in [6.45, 7) is 4.46. The van der Waals surface area contributed by atoms with Gasteiger partial charge < -0.3 is 14.5 Å². The van der Waals surface area contributed by atoms with Crippen LogP contribution in [0.5, 0.6) is 0 Å². The smallest absolute Gasteiger partial charge is 0.409 e. The molecule has 22 heavy (non-hydrogen) atoms. The van der Waals surface area contributed by atoms with E-state index in [0.717, 1.165) is 0 Å². The Hall–Kier alpha value is -1.31. The van der Waals surface area contributed by atoms with Crippen molar-refractivity contribution in [1.82, 2.24) is 9.80 Å². The lowest BCUT2D eigenvalue weighted by Crippen LogP contribution is -2.44. The van der Waals surface area contributed by atoms with Gasteiger partial charge in [-0.05, 0) is 26.7 Å². The standard InChI is InChI=1S/C14H26N2O5S/c1-11(2)22(19,20)10-9-15(3)13(17)12-5-7-16(8-6-12)14(18)21-4/h11-12H,5-10H2,1-4H3. The number of methoxy groups -OCH3 is 1. The molecular formula is C14H26N2O5S. The number of hydrogen-bond acceptors (Lipinski definition) is 5. The molecule has 0 bridgehead atoms. The molecule has 1 fully saturated rings. The summed E-state index contributed by atoms with van der Waals surface area (Å²) in [6.07, 6.45) is 0.784. The van der Waals surface area contributed by atoms with Crippen molar-refractivity contribution in [1.29, 1.82) is 0 Å². The van der Waals surface area contributed by atoms with Gasteiger partial charge in [0, 0.05) is 32.6 Å². The first-order valence-corrected chi connectivity index (χ1v) is 9.20. The van der Waals surface area contributed by atoms with E-state index in [1.165, 1.54) is 12.0 Å². The van der Waals surface area contributed by atoms with Crippen LogP contribution in [-0.2, 0) is 19.4 Å². The minimum atomic E-state index is -3.14. The highest BCUT2D eigenvalue weighted by atomic mass is 32.2. The average molecular weight is 334 g/mol. The molecule has 0 saturated carbocycles. The summed E-state index contributed by atoms with van der Waals surface area (Å²) in [5.41, 5.74) is 0. The number of rotatable bonds is 5. The van der Waals surface area contributed by atoms with Gasteiger partial charge in [-0.2, -0.15) is 0 Å². The monoisotopic (exact) mass is 334 g/mol. The van der Waals surface area contributed by atoms with Crippen molar-refractivity contribution in [2.24, 2.45) is 5.92 Å². The number of ether oxygens (including phenoxy) is 1. The van der Waals surface area contributed by atoms with Gasteiger partial charge in [-0.3, -0.25) is 4.79 Å². The molecule has 1 saturated heterocycles. The summed E-state index contributed by atoms with van der Waals surface area (Å²) in [5.74, 6) is -0.232. The van der Waals surface area contributed by atoms with Crippen molar-refractivity contribution in [2.45, 2.75) is 31.9 Å². The summed E-state index contributed by atoms with van der Waals surface area (Å²) in [7, 11) is -0.179. The summed E-state index contributed by atoms with van der Waals surface area (Å²) in [4.78, 5) is 26.8. The summed E-state index contributed by atoms with van der Waals surface area (Å²) in [5, 5.41) is -0.431. The predicted molar refractivity (Wildman–Crippen MR) is 83.3 cm³/mol. The number of hydrogen-bond donors (Lipinski definition) is 0. The van der Waals surface area contributed by atoms with E-state index < -0.39 is 15.1 Å². The molecule has 0 atom stereocenters. The van der Waals surface area contributed by atoms with Crippen molar-refractivity contribution in [2.75, 3.05) is 39.5 Å². The SMILES string of the molecule is COC(=O)N1CCC(C(=O)N(C)CCS(=O)(=O)C(C)C)CC1. The first kappa shape index (κ1) is 18.7. The van der Waals surface area contributed by atoms with Crippen LogP contribution in [0.3, 0.4) is 0 Å². The Balaban J connectivity index is 2.47. The number of sulfone groups is 1. The Morgan fingerprint density at radius 1 is 1.27 bits per heavy atom. The zero-order valence-electron chi connectivity index (χ0n) is 13.7. The topological polar surface area (TPSA) is 84.0 Å². The van der Waals surface area contributed by atoms with Gasteiger partial charge in [0.05, 0.1) is 18.1 Å². The number of carbonyl (C=O) groups excluding carboxylic acids is 2. The molecule has 8 heteroatoms. The van der Waals surface area contributed by atoms with Crippen LogP contribution in [-0.4, -0.2) is 75.0 Å². The molecule has 0 aromatic carbocycles. The van der Waals surface area contributed by atoms with E-state index in [1.54, 1.807) is 25.8 Å². The highest BCUT2D eigenvalue weighted by Crippen LogP contribution is 2.19. The highest BCUT2D eigenvalue weighted by molar-refractivity contribution is 7.92. The van der Waals surface area contributed by atoms with Gasteiger partial charge in [0.15, 0.2) is 9.84 Å². The van der Waals surface area contributed by atoms with Crippen molar-refractivity contribution < 1.29 is 22.7 Å². The molecule has 1 rings (SSSR count). The van der Waals surface area contributed by atoms with Crippen LogP contribution in [0.15, 0.2) is 0 Å². The Kier molecular flexibility index (Phi) is 6.65. The first-order valence-electron chi connectivity index (χ1n) is 7.48. The Morgan fingerprint density at radius 3 is 2.27 bits per heavy atom. The van der Waals surface area contributed by atoms with Crippen LogP contribution < -0.4 is 0 Å². The van der Waals surface area contributed by atoms with Crippen molar-refractivity contribution >= 4 is 21.8 Å². The molecule has 0 aromatic rings. The van der Waals surface area contributed by atoms with Crippen LogP contribution in [0.25, 0.3) is 0 Å². The third kappa shape index (κ3) is 4.86. The van der Waals surface area contributed by atoms with Crippen molar-refractivity contribution in [3.05, 3.63) is 0 Å². The maximum absolute atomic E-state index is 12.3. The highest BCUT2D eigenvalue weighted by Gasteiger charge is 2.30. The number of likely N-dealkylation sites (tertiary alicyclic amines) is 1. The fraction of sp³-hybridized carbons (Fsp3) is 0.857. The van der Waals surface area contributed by atoms with E-state index >= 15 is 0 Å². The van der Waals surface area contributed by atoms with E-state index in [-0.39, 0.29) is 30.2 Å². The number of carbonyl (C=O) groups is 2. The van der Waals surface area contributed by atoms with Gasteiger partial charge in [0.25, 0.3) is 0 Å². The van der Waals surface area contributed by atoms with Gasteiger partial charge in [0.1, 0.15) is 0 Å². The van der Waals surface area contributed by atoms with Crippen LogP contribution in [0.1, 0.15) is 26.7 Å². The van der Waals surface area contributed by atoms with E-state index in [9.17, 15) is 18.0 Å². The van der Waals surface area contributed by atoms with Crippen molar-refractivity contribution in [3.63, 3.8) is 0 Å². The maximum Gasteiger partial charge on any atom is 0.409 e. The van der Waals surface area contributed by atoms with Gasteiger partial charge in [0.2, 0.25) is 5.91 Å². The molecule has 2 amide bonds. The molecule has 0 N–H and O–H groups in total. The molecular weight excluding hydrogens is 308 g/mol. The van der Waals surface area contributed by atoms with Gasteiger partial charge in [-0.15, -0.1) is 0 Å². The lowest BCUT2D eigenvalue weighted by molar-refractivity contribution is -0.135. The average Bonchev–Trinajstić information content (AvgIpc) is 2.51. The Morgan fingerprint density at radius 2 is 1.82 bits per heavy atom. The predicted octanol–water partition coefficient (Wildman–Crippen LogP) is 0.746. The fourth-order valence-corrected chi connectivity index (χ4v) is 3.36. The second kappa shape index (κ2) is 7.80. The Bertz CT molecular complexity index is 495. The summed E-state index contributed by atoms with van der Waals surface area (Å²) in [6, 6.07) is 0. The third-order valence-corrected chi connectivity index (χ3v) is 6.27. The molecule has 0 unspecified atom stereocenters. The van der Waals surface area contributed by atoms with Crippen molar-refractivity contribution in [3.8, 4) is 0 Å². The zero-order chi connectivity index (χ0) is 16.9. The van der Waals surface area contributed by atoms with Gasteiger partial charge >= 0.3 is 6.09 Å². The van der Waals surface area contributed by atoms with Crippen LogP contribution >= 0.6 is 0 Å². The minimum Gasteiger partial charge on any atom is -0.453 e. The molecule has 1 aliphatic heterocycles.